The van der Waals surface area contributed by atoms with E-state index in [1.165, 1.54) is 19.3 Å². The van der Waals surface area contributed by atoms with E-state index in [0.29, 0.717) is 25.1 Å². The van der Waals surface area contributed by atoms with Gasteiger partial charge in [-0.15, -0.1) is 0 Å². The third-order valence-corrected chi connectivity index (χ3v) is 4.72. The number of para-hydroxylation sites is 2. The van der Waals surface area contributed by atoms with E-state index in [0.717, 1.165) is 24.3 Å². The Morgan fingerprint density at radius 1 is 1.19 bits per heavy atom. The van der Waals surface area contributed by atoms with Crippen LogP contribution in [0.5, 0.6) is 11.5 Å². The Morgan fingerprint density at radius 3 is 2.52 bits per heavy atom. The van der Waals surface area contributed by atoms with Gasteiger partial charge in [-0.2, -0.15) is 0 Å². The van der Waals surface area contributed by atoms with Crippen molar-refractivity contribution in [1.82, 2.24) is 5.32 Å². The first-order chi connectivity index (χ1) is 10.2. The van der Waals surface area contributed by atoms with Crippen LogP contribution in [0.25, 0.3) is 0 Å². The van der Waals surface area contributed by atoms with E-state index >= 15 is 0 Å². The lowest BCUT2D eigenvalue weighted by atomic mass is 9.76. The van der Waals surface area contributed by atoms with Crippen LogP contribution < -0.4 is 14.8 Å². The summed E-state index contributed by atoms with van der Waals surface area (Å²) in [4.78, 5) is 0. The molecule has 2 fully saturated rings. The topological polar surface area (TPSA) is 50.7 Å². The molecule has 116 valence electrons. The van der Waals surface area contributed by atoms with Gasteiger partial charge in [0.2, 0.25) is 0 Å². The molecule has 4 nitrogen and oxygen atoms in total. The average Bonchev–Trinajstić information content (AvgIpc) is 2.47. The molecule has 2 bridgehead atoms. The Bertz CT molecular complexity index is 465. The molecule has 3 rings (SSSR count). The largest absolute Gasteiger partial charge is 0.493 e. The molecule has 2 aliphatic rings. The summed E-state index contributed by atoms with van der Waals surface area (Å²) in [5, 5.41) is 14.4. The molecule has 2 unspecified atom stereocenters. The van der Waals surface area contributed by atoms with Gasteiger partial charge in [-0.1, -0.05) is 18.6 Å². The van der Waals surface area contributed by atoms with E-state index in [9.17, 15) is 5.11 Å². The molecule has 0 saturated carbocycles. The van der Waals surface area contributed by atoms with Gasteiger partial charge in [0, 0.05) is 18.5 Å². The summed E-state index contributed by atoms with van der Waals surface area (Å²) >= 11 is 0. The Labute approximate surface area is 126 Å². The third kappa shape index (κ3) is 3.50. The molecule has 0 radical (unpaired) electrons. The predicted octanol–water partition coefficient (Wildman–Crippen LogP) is 2.50. The molecule has 21 heavy (non-hydrogen) atoms. The van der Waals surface area contributed by atoms with Gasteiger partial charge in [0.15, 0.2) is 11.5 Å². The molecule has 0 aromatic heterocycles. The number of ether oxygens (including phenoxy) is 2. The third-order valence-electron chi connectivity index (χ3n) is 4.72. The molecule has 2 saturated heterocycles. The zero-order valence-electron chi connectivity index (χ0n) is 12.7. The highest BCUT2D eigenvalue weighted by Gasteiger charge is 2.40. The fourth-order valence-corrected chi connectivity index (χ4v) is 3.73. The van der Waals surface area contributed by atoms with Crippen LogP contribution >= 0.6 is 0 Å². The molecule has 0 spiro atoms. The van der Waals surface area contributed by atoms with E-state index in [1.54, 1.807) is 7.11 Å². The minimum absolute atomic E-state index is 0.480. The number of hydrogen-bond acceptors (Lipinski definition) is 4. The molecule has 2 N–H and O–H groups in total. The Morgan fingerprint density at radius 2 is 1.86 bits per heavy atom. The highest BCUT2D eigenvalue weighted by Crippen LogP contribution is 2.35. The Kier molecular flexibility index (Phi) is 4.36. The van der Waals surface area contributed by atoms with Crippen molar-refractivity contribution < 1.29 is 14.6 Å². The number of aliphatic hydroxyl groups is 1. The summed E-state index contributed by atoms with van der Waals surface area (Å²) in [6, 6.07) is 8.61. The van der Waals surface area contributed by atoms with Gasteiger partial charge in [-0.25, -0.2) is 0 Å². The van der Waals surface area contributed by atoms with Crippen molar-refractivity contribution in [1.29, 1.82) is 0 Å². The molecule has 2 heterocycles. The average molecular weight is 291 g/mol. The number of hydrogen-bond donors (Lipinski definition) is 2. The van der Waals surface area contributed by atoms with Crippen LogP contribution in [0.2, 0.25) is 0 Å². The van der Waals surface area contributed by atoms with Crippen LogP contribution in [0.3, 0.4) is 0 Å². The van der Waals surface area contributed by atoms with Crippen LogP contribution in [0.4, 0.5) is 0 Å². The van der Waals surface area contributed by atoms with Crippen LogP contribution in [0.15, 0.2) is 24.3 Å². The van der Waals surface area contributed by atoms with E-state index in [-0.39, 0.29) is 0 Å². The van der Waals surface area contributed by atoms with Crippen LogP contribution in [-0.2, 0) is 0 Å². The first-order valence-corrected chi connectivity index (χ1v) is 7.93. The van der Waals surface area contributed by atoms with Crippen molar-refractivity contribution in [2.75, 3.05) is 13.7 Å². The molecular weight excluding hydrogens is 266 g/mol. The predicted molar refractivity (Wildman–Crippen MR) is 81.9 cm³/mol. The molecule has 0 amide bonds. The number of piperidine rings is 2. The van der Waals surface area contributed by atoms with E-state index in [4.69, 9.17) is 9.47 Å². The van der Waals surface area contributed by atoms with Gasteiger partial charge in [0.1, 0.15) is 0 Å². The maximum Gasteiger partial charge on any atom is 0.161 e. The van der Waals surface area contributed by atoms with Crippen molar-refractivity contribution in [3.63, 3.8) is 0 Å². The molecular formula is C17H25NO3. The second kappa shape index (κ2) is 6.24. The van der Waals surface area contributed by atoms with E-state index in [1.807, 2.05) is 24.3 Å². The van der Waals surface area contributed by atoms with Crippen LogP contribution in [-0.4, -0.2) is 36.5 Å². The molecule has 1 aromatic rings. The lowest BCUT2D eigenvalue weighted by Crippen LogP contribution is -2.56. The highest BCUT2D eigenvalue weighted by atomic mass is 16.5. The van der Waals surface area contributed by atoms with Crippen molar-refractivity contribution in [2.24, 2.45) is 0 Å². The van der Waals surface area contributed by atoms with Crippen molar-refractivity contribution >= 4 is 0 Å². The zero-order valence-corrected chi connectivity index (χ0v) is 12.7. The summed E-state index contributed by atoms with van der Waals surface area (Å²) in [5.74, 6) is 1.49. The molecule has 2 atom stereocenters. The summed E-state index contributed by atoms with van der Waals surface area (Å²) in [7, 11) is 1.64. The number of rotatable bonds is 5. The van der Waals surface area contributed by atoms with Crippen molar-refractivity contribution in [3.8, 4) is 11.5 Å². The fourth-order valence-electron chi connectivity index (χ4n) is 3.73. The smallest absolute Gasteiger partial charge is 0.161 e. The summed E-state index contributed by atoms with van der Waals surface area (Å²) < 4.78 is 11.1. The zero-order chi connectivity index (χ0) is 14.7. The first kappa shape index (κ1) is 14.7. The van der Waals surface area contributed by atoms with Crippen molar-refractivity contribution in [3.05, 3.63) is 24.3 Å². The van der Waals surface area contributed by atoms with Gasteiger partial charge >= 0.3 is 0 Å². The standard InChI is InChI=1S/C17H25NO3/c1-20-15-7-2-3-8-16(15)21-10-9-17(19)11-13-5-4-6-14(12-17)18-13/h2-3,7-8,13-14,18-19H,4-6,9-12H2,1H3. The van der Waals surface area contributed by atoms with E-state index in [2.05, 4.69) is 5.32 Å². The second-order valence-corrected chi connectivity index (χ2v) is 6.37. The van der Waals surface area contributed by atoms with Gasteiger partial charge in [0.05, 0.1) is 19.3 Å². The minimum atomic E-state index is -0.580. The van der Waals surface area contributed by atoms with Gasteiger partial charge in [0.25, 0.3) is 0 Å². The van der Waals surface area contributed by atoms with Crippen molar-refractivity contribution in [2.45, 2.75) is 56.2 Å². The van der Waals surface area contributed by atoms with E-state index < -0.39 is 5.60 Å². The monoisotopic (exact) mass is 291 g/mol. The van der Waals surface area contributed by atoms with Gasteiger partial charge in [-0.05, 0) is 37.8 Å². The summed E-state index contributed by atoms with van der Waals surface area (Å²) in [5.41, 5.74) is -0.580. The summed E-state index contributed by atoms with van der Waals surface area (Å²) in [6.45, 7) is 0.524. The molecule has 4 heteroatoms. The molecule has 0 aliphatic carbocycles. The lowest BCUT2D eigenvalue weighted by molar-refractivity contribution is -0.0445. The Hall–Kier alpha value is -1.26. The van der Waals surface area contributed by atoms with Gasteiger partial charge in [-0.3, -0.25) is 0 Å². The lowest BCUT2D eigenvalue weighted by Gasteiger charge is -2.45. The maximum absolute atomic E-state index is 10.8. The number of methoxy groups -OCH3 is 1. The number of fused-ring (bicyclic) bond motifs is 2. The summed E-state index contributed by atoms with van der Waals surface area (Å²) in [6.07, 6.45) is 6.03. The minimum Gasteiger partial charge on any atom is -0.493 e. The second-order valence-electron chi connectivity index (χ2n) is 6.37. The maximum atomic E-state index is 10.8. The number of nitrogens with one attached hydrogen (secondary N) is 1. The normalized spacial score (nSPS) is 31.7. The first-order valence-electron chi connectivity index (χ1n) is 7.93. The SMILES string of the molecule is COc1ccccc1OCCC1(O)CC2CCCC(C1)N2. The molecule has 1 aromatic carbocycles. The number of benzene rings is 1. The molecule has 2 aliphatic heterocycles. The highest BCUT2D eigenvalue weighted by molar-refractivity contribution is 5.39. The quantitative estimate of drug-likeness (QED) is 0.875. The van der Waals surface area contributed by atoms with Gasteiger partial charge < -0.3 is 19.9 Å². The van der Waals surface area contributed by atoms with Crippen LogP contribution in [0, 0.1) is 0 Å². The Balaban J connectivity index is 1.55. The fraction of sp³-hybridized carbons (Fsp3) is 0.647. The van der Waals surface area contributed by atoms with Crippen LogP contribution in [0.1, 0.15) is 38.5 Å².